The highest BCUT2D eigenvalue weighted by Gasteiger charge is 2.22. The predicted octanol–water partition coefficient (Wildman–Crippen LogP) is 2.99. The van der Waals surface area contributed by atoms with Gasteiger partial charge in [-0.15, -0.1) is 0 Å². The van der Waals surface area contributed by atoms with Gasteiger partial charge in [-0.25, -0.2) is 13.4 Å². The van der Waals surface area contributed by atoms with Crippen molar-refractivity contribution in [3.8, 4) is 5.88 Å². The summed E-state index contributed by atoms with van der Waals surface area (Å²) in [5.41, 5.74) is 1.83. The molecule has 11 nitrogen and oxygen atoms in total. The zero-order valence-corrected chi connectivity index (χ0v) is 22.5. The van der Waals surface area contributed by atoms with E-state index in [0.29, 0.717) is 73.9 Å². The molecule has 12 heteroatoms. The Hall–Kier alpha value is -3.25. The van der Waals surface area contributed by atoms with E-state index in [1.165, 1.54) is 32.1 Å². The van der Waals surface area contributed by atoms with Gasteiger partial charge in [-0.05, 0) is 43.0 Å². The molecule has 0 radical (unpaired) electrons. The molecule has 0 unspecified atom stereocenters. The number of benzene rings is 1. The third-order valence-electron chi connectivity index (χ3n) is 7.40. The molecule has 0 atom stereocenters. The fourth-order valence-corrected chi connectivity index (χ4v) is 6.33. The summed E-state index contributed by atoms with van der Waals surface area (Å²) in [5.74, 6) is 1.42. The number of ether oxygens (including phenoxy) is 1. The highest BCUT2D eigenvalue weighted by atomic mass is 32.2. The molecule has 3 heterocycles. The normalized spacial score (nSPS) is 17.6. The van der Waals surface area contributed by atoms with E-state index in [9.17, 15) is 13.2 Å². The van der Waals surface area contributed by atoms with Crippen LogP contribution in [0.25, 0.3) is 11.2 Å². The third-order valence-corrected chi connectivity index (χ3v) is 9.11. The molecule has 1 aliphatic carbocycles. The Morgan fingerprint density at radius 2 is 1.82 bits per heavy atom. The molecule has 2 aromatic heterocycles. The van der Waals surface area contributed by atoms with Crippen LogP contribution in [0.3, 0.4) is 0 Å². The molecule has 0 bridgehead atoms. The lowest BCUT2D eigenvalue weighted by Gasteiger charge is -2.34. The smallest absolute Gasteiger partial charge is 0.245 e. The van der Waals surface area contributed by atoms with Gasteiger partial charge < -0.3 is 19.9 Å². The lowest BCUT2D eigenvalue weighted by Crippen LogP contribution is -2.49. The van der Waals surface area contributed by atoms with Crippen LogP contribution in [0, 0.1) is 5.92 Å². The fraction of sp³-hybridized carbons (Fsp3) is 0.538. The molecular weight excluding hydrogens is 506 g/mol. The van der Waals surface area contributed by atoms with E-state index in [-0.39, 0.29) is 16.6 Å². The molecule has 3 aromatic rings. The molecule has 204 valence electrons. The first kappa shape index (κ1) is 26.4. The summed E-state index contributed by atoms with van der Waals surface area (Å²) >= 11 is 0. The van der Waals surface area contributed by atoms with Gasteiger partial charge in [0, 0.05) is 45.3 Å². The second kappa shape index (κ2) is 11.6. The number of aromatic nitrogens is 4. The number of hydrogen-bond donors (Lipinski definition) is 2. The summed E-state index contributed by atoms with van der Waals surface area (Å²) in [6.07, 6.45) is 7.70. The number of H-pyrrole nitrogens is 1. The topological polar surface area (TPSA) is 133 Å². The number of nitrogens with one attached hydrogen (secondary N) is 2. The van der Waals surface area contributed by atoms with Gasteiger partial charge in [0.1, 0.15) is 5.52 Å². The van der Waals surface area contributed by atoms with Crippen LogP contribution in [0.2, 0.25) is 0 Å². The van der Waals surface area contributed by atoms with E-state index in [0.717, 1.165) is 0 Å². The number of rotatable bonds is 9. The van der Waals surface area contributed by atoms with Gasteiger partial charge in [0.25, 0.3) is 0 Å². The van der Waals surface area contributed by atoms with E-state index in [2.05, 4.69) is 30.2 Å². The standard InChI is InChI=1S/C26H35N7O4S/c1-19(34)33-13-11-32(12-14-33)15-16-38(35,36)22-9-7-21(8-10-22)29-26-30-24-23(27-18-28-24)25(31-26)37-17-20-5-3-2-4-6-20/h7-10,18,20H,2-6,11-17H2,1H3,(H2,27,28,29,30,31). The Labute approximate surface area is 222 Å². The minimum atomic E-state index is -3.44. The molecule has 2 fully saturated rings. The molecule has 1 saturated heterocycles. The Morgan fingerprint density at radius 3 is 2.53 bits per heavy atom. The van der Waals surface area contributed by atoms with Gasteiger partial charge in [0.2, 0.25) is 17.7 Å². The molecule has 2 N–H and O–H groups in total. The lowest BCUT2D eigenvalue weighted by molar-refractivity contribution is -0.130. The number of anilines is 2. The van der Waals surface area contributed by atoms with Crippen molar-refractivity contribution in [2.45, 2.75) is 43.9 Å². The number of sulfone groups is 1. The summed E-state index contributed by atoms with van der Waals surface area (Å²) in [4.78, 5) is 32.0. The summed E-state index contributed by atoms with van der Waals surface area (Å²) < 4.78 is 31.9. The van der Waals surface area contributed by atoms with Crippen LogP contribution in [0.4, 0.5) is 11.6 Å². The van der Waals surface area contributed by atoms with E-state index >= 15 is 0 Å². The summed E-state index contributed by atoms with van der Waals surface area (Å²) in [6, 6.07) is 6.61. The largest absolute Gasteiger partial charge is 0.476 e. The quantitative estimate of drug-likeness (QED) is 0.419. The van der Waals surface area contributed by atoms with Crippen molar-refractivity contribution in [2.75, 3.05) is 50.4 Å². The highest BCUT2D eigenvalue weighted by molar-refractivity contribution is 7.91. The Kier molecular flexibility index (Phi) is 8.08. The van der Waals surface area contributed by atoms with Crippen LogP contribution in [-0.4, -0.2) is 89.1 Å². The monoisotopic (exact) mass is 541 g/mol. The maximum Gasteiger partial charge on any atom is 0.245 e. The van der Waals surface area contributed by atoms with Crippen LogP contribution in [0.5, 0.6) is 5.88 Å². The zero-order chi connectivity index (χ0) is 26.5. The minimum Gasteiger partial charge on any atom is -0.476 e. The Morgan fingerprint density at radius 1 is 1.08 bits per heavy atom. The molecule has 0 spiro atoms. The number of carbonyl (C=O) groups excluding carboxylic acids is 1. The minimum absolute atomic E-state index is 0.0283. The summed E-state index contributed by atoms with van der Waals surface area (Å²) in [7, 11) is -3.44. The van der Waals surface area contributed by atoms with E-state index in [1.807, 2.05) is 0 Å². The number of imidazole rings is 1. The van der Waals surface area contributed by atoms with E-state index < -0.39 is 9.84 Å². The van der Waals surface area contributed by atoms with Gasteiger partial charge in [-0.2, -0.15) is 9.97 Å². The van der Waals surface area contributed by atoms with E-state index in [1.54, 1.807) is 42.4 Å². The number of amides is 1. The van der Waals surface area contributed by atoms with Crippen LogP contribution in [0.1, 0.15) is 39.0 Å². The van der Waals surface area contributed by atoms with E-state index in [4.69, 9.17) is 4.74 Å². The van der Waals surface area contributed by atoms with Crippen molar-refractivity contribution in [1.29, 1.82) is 0 Å². The number of carbonyl (C=O) groups is 1. The SMILES string of the molecule is CC(=O)N1CCN(CCS(=O)(=O)c2ccc(Nc3nc(OCC4CCCCC4)c4[nH]cnc4n3)cc2)CC1. The second-order valence-electron chi connectivity index (χ2n) is 10.1. The molecule has 1 aromatic carbocycles. The fourth-order valence-electron chi connectivity index (χ4n) is 5.05. The number of aromatic amines is 1. The molecule has 1 amide bonds. The number of fused-ring (bicyclic) bond motifs is 1. The van der Waals surface area contributed by atoms with Crippen LogP contribution in [0.15, 0.2) is 35.5 Å². The highest BCUT2D eigenvalue weighted by Crippen LogP contribution is 2.27. The first-order valence-corrected chi connectivity index (χ1v) is 14.9. The van der Waals surface area contributed by atoms with Gasteiger partial charge >= 0.3 is 0 Å². The van der Waals surface area contributed by atoms with Crippen LogP contribution >= 0.6 is 0 Å². The average Bonchev–Trinajstić information content (AvgIpc) is 3.41. The first-order chi connectivity index (χ1) is 18.4. The lowest BCUT2D eigenvalue weighted by atomic mass is 9.90. The van der Waals surface area contributed by atoms with Gasteiger partial charge in [-0.3, -0.25) is 9.69 Å². The van der Waals surface area contributed by atoms with Crippen molar-refractivity contribution in [1.82, 2.24) is 29.7 Å². The van der Waals surface area contributed by atoms with Gasteiger partial charge in [0.05, 0.1) is 23.6 Å². The van der Waals surface area contributed by atoms with Crippen LogP contribution < -0.4 is 10.1 Å². The Bertz CT molecular complexity index is 1350. The molecule has 1 aliphatic heterocycles. The molecule has 5 rings (SSSR count). The molecule has 38 heavy (non-hydrogen) atoms. The second-order valence-corrected chi connectivity index (χ2v) is 12.2. The summed E-state index contributed by atoms with van der Waals surface area (Å²) in [5, 5.41) is 3.15. The number of nitrogens with zero attached hydrogens (tertiary/aromatic N) is 5. The third kappa shape index (κ3) is 6.41. The molecule has 2 aliphatic rings. The Balaban J connectivity index is 1.20. The number of hydrogen-bond acceptors (Lipinski definition) is 9. The van der Waals surface area contributed by atoms with Gasteiger partial charge in [-0.1, -0.05) is 19.3 Å². The van der Waals surface area contributed by atoms with Crippen LogP contribution in [-0.2, 0) is 14.6 Å². The van der Waals surface area contributed by atoms with Crippen molar-refractivity contribution >= 4 is 38.5 Å². The van der Waals surface area contributed by atoms with Crippen molar-refractivity contribution in [3.05, 3.63) is 30.6 Å². The predicted molar refractivity (Wildman–Crippen MR) is 144 cm³/mol. The maximum atomic E-state index is 12.9. The molecule has 1 saturated carbocycles. The average molecular weight is 542 g/mol. The van der Waals surface area contributed by atoms with Crippen molar-refractivity contribution < 1.29 is 17.9 Å². The maximum absolute atomic E-state index is 12.9. The van der Waals surface area contributed by atoms with Gasteiger partial charge in [0.15, 0.2) is 15.5 Å². The molecular formula is C26H35N7O4S. The van der Waals surface area contributed by atoms with Crippen molar-refractivity contribution in [2.24, 2.45) is 5.92 Å². The first-order valence-electron chi connectivity index (χ1n) is 13.3. The zero-order valence-electron chi connectivity index (χ0n) is 21.7. The van der Waals surface area contributed by atoms with Crippen molar-refractivity contribution in [3.63, 3.8) is 0 Å². The summed E-state index contributed by atoms with van der Waals surface area (Å²) in [6.45, 7) is 5.25. The number of piperazine rings is 1.